The van der Waals surface area contributed by atoms with E-state index in [1.54, 1.807) is 50.4 Å². The fourth-order valence-corrected chi connectivity index (χ4v) is 3.50. The molecule has 8 heteroatoms. The van der Waals surface area contributed by atoms with Crippen molar-refractivity contribution in [2.75, 3.05) is 27.4 Å². The maximum Gasteiger partial charge on any atom is 0.344 e. The van der Waals surface area contributed by atoms with Gasteiger partial charge in [-0.3, -0.25) is 0 Å². The van der Waals surface area contributed by atoms with Crippen LogP contribution in [0.4, 0.5) is 0 Å². The molecule has 0 fully saturated rings. The van der Waals surface area contributed by atoms with E-state index < -0.39 is 11.9 Å². The molecule has 0 saturated heterocycles. The van der Waals surface area contributed by atoms with Crippen molar-refractivity contribution in [3.05, 3.63) is 59.8 Å². The van der Waals surface area contributed by atoms with E-state index in [0.717, 1.165) is 0 Å². The normalized spacial score (nSPS) is 10.5. The number of aryl methyl sites for hydroxylation is 1. The standard InChI is InChI=1S/C24H25NO7/c1-5-31-21(26)14-32-17-11-9-16(10-12-17)22-18(24(27)28)13-15(2)25(22)19-7-6-8-20(29-3)23(19)30-4/h6-13H,5,14H2,1-4H3,(H,27,28). The van der Waals surface area contributed by atoms with E-state index >= 15 is 0 Å². The highest BCUT2D eigenvalue weighted by atomic mass is 16.6. The van der Waals surface area contributed by atoms with E-state index in [1.807, 2.05) is 23.6 Å². The van der Waals surface area contributed by atoms with Gasteiger partial charge in [0, 0.05) is 5.69 Å². The second-order valence-corrected chi connectivity index (χ2v) is 6.82. The topological polar surface area (TPSA) is 96.2 Å². The van der Waals surface area contributed by atoms with Gasteiger partial charge in [-0.15, -0.1) is 0 Å². The van der Waals surface area contributed by atoms with E-state index in [9.17, 15) is 14.7 Å². The van der Waals surface area contributed by atoms with Crippen molar-refractivity contribution in [2.45, 2.75) is 13.8 Å². The zero-order valence-corrected chi connectivity index (χ0v) is 18.4. The Morgan fingerprint density at radius 3 is 2.34 bits per heavy atom. The van der Waals surface area contributed by atoms with E-state index in [0.29, 0.717) is 39.9 Å². The van der Waals surface area contributed by atoms with Crippen molar-refractivity contribution in [1.82, 2.24) is 4.57 Å². The van der Waals surface area contributed by atoms with Crippen LogP contribution in [0.1, 0.15) is 23.0 Å². The van der Waals surface area contributed by atoms with Gasteiger partial charge in [0.15, 0.2) is 18.1 Å². The number of carbonyl (C=O) groups excluding carboxylic acids is 1. The second kappa shape index (κ2) is 9.91. The smallest absolute Gasteiger partial charge is 0.344 e. The molecule has 168 valence electrons. The van der Waals surface area contributed by atoms with E-state index in [2.05, 4.69) is 0 Å². The molecular weight excluding hydrogens is 414 g/mol. The maximum atomic E-state index is 12.0. The van der Waals surface area contributed by atoms with E-state index in [4.69, 9.17) is 18.9 Å². The van der Waals surface area contributed by atoms with Crippen LogP contribution in [0.3, 0.4) is 0 Å². The van der Waals surface area contributed by atoms with Crippen LogP contribution in [0.2, 0.25) is 0 Å². The van der Waals surface area contributed by atoms with Gasteiger partial charge in [0.05, 0.1) is 37.8 Å². The number of aromatic carboxylic acids is 1. The van der Waals surface area contributed by atoms with Crippen LogP contribution in [0.5, 0.6) is 17.2 Å². The van der Waals surface area contributed by atoms with Gasteiger partial charge in [-0.2, -0.15) is 0 Å². The van der Waals surface area contributed by atoms with E-state index in [1.165, 1.54) is 7.11 Å². The number of benzene rings is 2. The summed E-state index contributed by atoms with van der Waals surface area (Å²) in [4.78, 5) is 23.5. The van der Waals surface area contributed by atoms with Gasteiger partial charge >= 0.3 is 11.9 Å². The van der Waals surface area contributed by atoms with Crippen molar-refractivity contribution < 1.29 is 33.6 Å². The van der Waals surface area contributed by atoms with Gasteiger partial charge in [-0.05, 0) is 61.9 Å². The zero-order chi connectivity index (χ0) is 23.3. The van der Waals surface area contributed by atoms with Gasteiger partial charge in [0.25, 0.3) is 0 Å². The third-order valence-electron chi connectivity index (χ3n) is 4.83. The minimum absolute atomic E-state index is 0.146. The molecule has 0 bridgehead atoms. The van der Waals surface area contributed by atoms with Crippen molar-refractivity contribution in [1.29, 1.82) is 0 Å². The minimum atomic E-state index is -1.05. The number of carboxylic acids is 1. The quantitative estimate of drug-likeness (QED) is 0.501. The molecule has 0 atom stereocenters. The molecule has 0 aliphatic carbocycles. The number of para-hydroxylation sites is 1. The number of methoxy groups -OCH3 is 2. The number of esters is 1. The lowest BCUT2D eigenvalue weighted by Crippen LogP contribution is -2.14. The molecule has 8 nitrogen and oxygen atoms in total. The highest BCUT2D eigenvalue weighted by Crippen LogP contribution is 2.39. The highest BCUT2D eigenvalue weighted by molar-refractivity contribution is 5.96. The number of hydrogen-bond donors (Lipinski definition) is 1. The van der Waals surface area contributed by atoms with Gasteiger partial charge in [0.2, 0.25) is 0 Å². The van der Waals surface area contributed by atoms with Gasteiger partial charge in [0.1, 0.15) is 5.75 Å². The first kappa shape index (κ1) is 22.7. The summed E-state index contributed by atoms with van der Waals surface area (Å²) < 4.78 is 23.1. The van der Waals surface area contributed by atoms with Gasteiger partial charge in [-0.25, -0.2) is 9.59 Å². The average molecular weight is 439 g/mol. The zero-order valence-electron chi connectivity index (χ0n) is 18.4. The molecule has 0 unspecified atom stereocenters. The third-order valence-corrected chi connectivity index (χ3v) is 4.83. The molecule has 0 spiro atoms. The number of carboxylic acid groups (broad SMARTS) is 1. The SMILES string of the molecule is CCOC(=O)COc1ccc(-c2c(C(=O)O)cc(C)n2-c2cccc(OC)c2OC)cc1. The van der Waals surface area contributed by atoms with E-state index in [-0.39, 0.29) is 18.8 Å². The Kier molecular flexibility index (Phi) is 7.04. The van der Waals surface area contributed by atoms with Crippen LogP contribution < -0.4 is 14.2 Å². The Morgan fingerprint density at radius 2 is 1.75 bits per heavy atom. The predicted octanol–water partition coefficient (Wildman–Crippen LogP) is 4.11. The van der Waals surface area contributed by atoms with Crippen LogP contribution in [0, 0.1) is 6.92 Å². The molecule has 32 heavy (non-hydrogen) atoms. The summed E-state index contributed by atoms with van der Waals surface area (Å²) in [7, 11) is 3.08. The third kappa shape index (κ3) is 4.54. The molecule has 0 aliphatic heterocycles. The summed E-state index contributed by atoms with van der Waals surface area (Å²) in [6, 6.07) is 13.9. The number of nitrogens with zero attached hydrogens (tertiary/aromatic N) is 1. The molecule has 1 heterocycles. The summed E-state index contributed by atoms with van der Waals surface area (Å²) in [6.07, 6.45) is 0. The molecule has 2 aromatic carbocycles. The van der Waals surface area contributed by atoms with Gasteiger partial charge in [-0.1, -0.05) is 6.07 Å². The highest BCUT2D eigenvalue weighted by Gasteiger charge is 2.23. The summed E-state index contributed by atoms with van der Waals surface area (Å²) in [6.45, 7) is 3.63. The molecule has 0 aliphatic rings. The Balaban J connectivity index is 2.08. The Morgan fingerprint density at radius 1 is 1.03 bits per heavy atom. The molecule has 0 radical (unpaired) electrons. The first-order valence-electron chi connectivity index (χ1n) is 9.97. The second-order valence-electron chi connectivity index (χ2n) is 6.82. The number of hydrogen-bond acceptors (Lipinski definition) is 6. The Hall–Kier alpha value is -3.94. The minimum Gasteiger partial charge on any atom is -0.493 e. The summed E-state index contributed by atoms with van der Waals surface area (Å²) in [5.41, 5.74) is 2.65. The number of aromatic nitrogens is 1. The maximum absolute atomic E-state index is 12.0. The molecule has 3 aromatic rings. The predicted molar refractivity (Wildman–Crippen MR) is 118 cm³/mol. The first-order valence-corrected chi connectivity index (χ1v) is 9.97. The largest absolute Gasteiger partial charge is 0.493 e. The number of carbonyl (C=O) groups is 2. The molecule has 1 N–H and O–H groups in total. The van der Waals surface area contributed by atoms with Crippen LogP contribution in [-0.4, -0.2) is 49.0 Å². The number of ether oxygens (including phenoxy) is 4. The average Bonchev–Trinajstić information content (AvgIpc) is 3.14. The summed E-state index contributed by atoms with van der Waals surface area (Å²) in [5, 5.41) is 9.84. The molecular formula is C24H25NO7. The number of rotatable bonds is 9. The van der Waals surface area contributed by atoms with Crippen LogP contribution in [0.15, 0.2) is 48.5 Å². The first-order chi connectivity index (χ1) is 15.4. The van der Waals surface area contributed by atoms with Crippen molar-refractivity contribution >= 4 is 11.9 Å². The summed E-state index contributed by atoms with van der Waals surface area (Å²) in [5.74, 6) is -0.0249. The Labute approximate surface area is 185 Å². The fourth-order valence-electron chi connectivity index (χ4n) is 3.50. The molecule has 0 saturated carbocycles. The van der Waals surface area contributed by atoms with Crippen LogP contribution >= 0.6 is 0 Å². The van der Waals surface area contributed by atoms with Crippen molar-refractivity contribution in [3.63, 3.8) is 0 Å². The lowest BCUT2D eigenvalue weighted by molar-refractivity contribution is -0.145. The summed E-state index contributed by atoms with van der Waals surface area (Å²) >= 11 is 0. The lowest BCUT2D eigenvalue weighted by atomic mass is 10.1. The molecule has 3 rings (SSSR count). The Bertz CT molecular complexity index is 1120. The monoisotopic (exact) mass is 439 g/mol. The van der Waals surface area contributed by atoms with Crippen LogP contribution in [0.25, 0.3) is 16.9 Å². The fraction of sp³-hybridized carbons (Fsp3) is 0.250. The van der Waals surface area contributed by atoms with Crippen molar-refractivity contribution in [2.24, 2.45) is 0 Å². The van der Waals surface area contributed by atoms with Gasteiger partial charge < -0.3 is 28.6 Å². The molecule has 1 aromatic heterocycles. The lowest BCUT2D eigenvalue weighted by Gasteiger charge is -2.18. The molecule has 0 amide bonds. The van der Waals surface area contributed by atoms with Crippen molar-refractivity contribution in [3.8, 4) is 34.2 Å². The van der Waals surface area contributed by atoms with Crippen LogP contribution in [-0.2, 0) is 9.53 Å².